The maximum absolute atomic E-state index is 13.8. The van der Waals surface area contributed by atoms with Gasteiger partial charge in [-0.1, -0.05) is 18.2 Å². The number of nitrogens with zero attached hydrogens (tertiary/aromatic N) is 1. The summed E-state index contributed by atoms with van der Waals surface area (Å²) in [5, 5.41) is 57.7. The summed E-state index contributed by atoms with van der Waals surface area (Å²) in [6.07, 6.45) is 0.366. The van der Waals surface area contributed by atoms with Gasteiger partial charge in [-0.25, -0.2) is 15.0 Å². The van der Waals surface area contributed by atoms with Crippen molar-refractivity contribution >= 4 is 29.8 Å². The molecule has 232 valence electrons. The van der Waals surface area contributed by atoms with E-state index in [0.717, 1.165) is 12.3 Å². The summed E-state index contributed by atoms with van der Waals surface area (Å²) in [6.45, 7) is 1.37. The SMILES string of the molecule is COc1c2c(c(O)c3c1C(=O)c1c(cc(O)c(C)c1O)C3=O)-c1c(cc(/C=N/NC(=O)Oc3ccccc3)c(C(=O)O)c1O)CC2. The van der Waals surface area contributed by atoms with Crippen LogP contribution in [0.5, 0.6) is 34.5 Å². The second-order valence-corrected chi connectivity index (χ2v) is 10.5. The van der Waals surface area contributed by atoms with Crippen LogP contribution in [0.25, 0.3) is 11.1 Å². The predicted octanol–water partition coefficient (Wildman–Crippen LogP) is 4.19. The summed E-state index contributed by atoms with van der Waals surface area (Å²) in [4.78, 5) is 52.0. The number of ether oxygens (including phenoxy) is 2. The molecule has 13 heteroatoms. The number of aromatic hydroxyl groups is 4. The van der Waals surface area contributed by atoms with Gasteiger partial charge in [-0.3, -0.25) is 9.59 Å². The molecule has 1 amide bonds. The van der Waals surface area contributed by atoms with E-state index < -0.39 is 57.8 Å². The number of aryl methyl sites for hydroxylation is 1. The first-order valence-electron chi connectivity index (χ1n) is 13.7. The van der Waals surface area contributed by atoms with E-state index in [1.54, 1.807) is 30.3 Å². The van der Waals surface area contributed by atoms with Gasteiger partial charge in [-0.15, -0.1) is 0 Å². The highest BCUT2D eigenvalue weighted by Gasteiger charge is 2.42. The molecule has 6 rings (SSSR count). The fraction of sp³-hybridized carbons (Fsp3) is 0.121. The lowest BCUT2D eigenvalue weighted by Crippen LogP contribution is -2.24. The highest BCUT2D eigenvalue weighted by atomic mass is 16.6. The van der Waals surface area contributed by atoms with Crippen molar-refractivity contribution in [1.82, 2.24) is 5.43 Å². The van der Waals surface area contributed by atoms with Crippen molar-refractivity contribution in [1.29, 1.82) is 0 Å². The first-order valence-corrected chi connectivity index (χ1v) is 13.7. The van der Waals surface area contributed by atoms with Crippen LogP contribution in [0.15, 0.2) is 47.6 Å². The summed E-state index contributed by atoms with van der Waals surface area (Å²) >= 11 is 0. The van der Waals surface area contributed by atoms with E-state index in [0.29, 0.717) is 5.56 Å². The van der Waals surface area contributed by atoms with Gasteiger partial charge in [0.05, 0.1) is 30.0 Å². The lowest BCUT2D eigenvalue weighted by molar-refractivity contribution is 0.0693. The second-order valence-electron chi connectivity index (χ2n) is 10.5. The number of carbonyl (C=O) groups is 4. The Morgan fingerprint density at radius 3 is 2.26 bits per heavy atom. The smallest absolute Gasteiger partial charge is 0.433 e. The Balaban J connectivity index is 1.48. The van der Waals surface area contributed by atoms with Gasteiger partial charge in [0, 0.05) is 33.4 Å². The minimum Gasteiger partial charge on any atom is -0.508 e. The van der Waals surface area contributed by atoms with Crippen molar-refractivity contribution in [2.45, 2.75) is 19.8 Å². The van der Waals surface area contributed by atoms with Gasteiger partial charge in [0.2, 0.25) is 5.78 Å². The molecule has 0 aliphatic heterocycles. The molecule has 0 spiro atoms. The number of methoxy groups -OCH3 is 1. The zero-order valence-corrected chi connectivity index (χ0v) is 24.2. The number of fused-ring (bicyclic) bond motifs is 5. The van der Waals surface area contributed by atoms with E-state index >= 15 is 0 Å². The zero-order valence-electron chi connectivity index (χ0n) is 24.2. The standard InChI is InChI=1S/C33H24N2O11/c1-13-19(36)11-18-23(26(13)37)30(41)25-24(27(18)38)29(40)22-17(31(25)45-2)9-8-14-10-15(21(32(42)43)28(39)20(14)22)12-34-35-33(44)46-16-6-4-3-5-7-16/h3-7,10-12,36-37,39-40H,8-9H2,1-2H3,(H,35,44)(H,42,43)/b34-12+. The molecule has 13 nitrogen and oxygen atoms in total. The number of carbonyl (C=O) groups excluding carboxylic acids is 3. The van der Waals surface area contributed by atoms with Gasteiger partial charge in [0.15, 0.2) is 5.78 Å². The Kier molecular flexibility index (Phi) is 7.08. The van der Waals surface area contributed by atoms with Gasteiger partial charge < -0.3 is 35.0 Å². The molecule has 4 aromatic rings. The lowest BCUT2D eigenvalue weighted by Gasteiger charge is -2.30. The van der Waals surface area contributed by atoms with Gasteiger partial charge in [0.25, 0.3) is 0 Å². The Morgan fingerprint density at radius 1 is 0.870 bits per heavy atom. The first-order chi connectivity index (χ1) is 22.0. The number of hydrazone groups is 1. The predicted molar refractivity (Wildman–Crippen MR) is 161 cm³/mol. The minimum absolute atomic E-state index is 0.0211. The third kappa shape index (κ3) is 4.44. The van der Waals surface area contributed by atoms with E-state index in [1.807, 2.05) is 0 Å². The number of carboxylic acids is 1. The molecule has 2 aliphatic carbocycles. The highest BCUT2D eigenvalue weighted by Crippen LogP contribution is 2.54. The third-order valence-corrected chi connectivity index (χ3v) is 8.02. The van der Waals surface area contributed by atoms with Crippen molar-refractivity contribution in [3.63, 3.8) is 0 Å². The number of ketones is 2. The van der Waals surface area contributed by atoms with E-state index in [1.165, 1.54) is 20.1 Å². The number of nitrogens with one attached hydrogen (secondary N) is 1. The summed E-state index contributed by atoms with van der Waals surface area (Å²) in [5.74, 6) is -5.66. The summed E-state index contributed by atoms with van der Waals surface area (Å²) in [5.41, 5.74) is 0.242. The van der Waals surface area contributed by atoms with Crippen LogP contribution in [0.4, 0.5) is 4.79 Å². The number of aromatic carboxylic acids is 1. The molecule has 0 heterocycles. The highest BCUT2D eigenvalue weighted by molar-refractivity contribution is 6.32. The molecule has 0 atom stereocenters. The number of phenolic OH excluding ortho intramolecular Hbond substituents is 3. The van der Waals surface area contributed by atoms with Gasteiger partial charge >= 0.3 is 12.1 Å². The molecule has 4 aromatic carbocycles. The quantitative estimate of drug-likeness (QED) is 0.120. The number of para-hydroxylation sites is 1. The Bertz CT molecular complexity index is 2070. The summed E-state index contributed by atoms with van der Waals surface area (Å²) in [6, 6.07) is 10.6. The van der Waals surface area contributed by atoms with Crippen LogP contribution in [0.2, 0.25) is 0 Å². The number of hydrogen-bond donors (Lipinski definition) is 6. The van der Waals surface area contributed by atoms with Crippen LogP contribution < -0.4 is 14.9 Å². The molecular weight excluding hydrogens is 600 g/mol. The van der Waals surface area contributed by atoms with Crippen LogP contribution in [-0.2, 0) is 12.8 Å². The number of hydrogen-bond acceptors (Lipinski definition) is 11. The number of benzene rings is 4. The number of carboxylic acid groups (broad SMARTS) is 1. The Labute approximate surface area is 259 Å². The van der Waals surface area contributed by atoms with Gasteiger partial charge in [-0.2, -0.15) is 5.10 Å². The molecule has 0 saturated heterocycles. The maximum Gasteiger partial charge on any atom is 0.433 e. The van der Waals surface area contributed by atoms with Crippen LogP contribution in [0, 0.1) is 6.92 Å². The fourth-order valence-corrected chi connectivity index (χ4v) is 5.94. The molecule has 0 radical (unpaired) electrons. The second kappa shape index (κ2) is 11.0. The maximum atomic E-state index is 13.8. The van der Waals surface area contributed by atoms with E-state index in [2.05, 4.69) is 10.5 Å². The molecular formula is C33H24N2O11. The lowest BCUT2D eigenvalue weighted by atomic mass is 9.74. The number of phenols is 4. The molecule has 0 fully saturated rings. The van der Waals surface area contributed by atoms with Gasteiger partial charge in [-0.05, 0) is 49.6 Å². The molecule has 6 N–H and O–H groups in total. The number of amides is 1. The Morgan fingerprint density at radius 2 is 1.59 bits per heavy atom. The monoisotopic (exact) mass is 624 g/mol. The van der Waals surface area contributed by atoms with Gasteiger partial charge in [0.1, 0.15) is 40.1 Å². The normalized spacial score (nSPS) is 13.0. The first kappa shape index (κ1) is 29.7. The molecule has 2 aliphatic rings. The molecule has 0 saturated carbocycles. The van der Waals surface area contributed by atoms with Crippen LogP contribution in [0.3, 0.4) is 0 Å². The van der Waals surface area contributed by atoms with Crippen molar-refractivity contribution in [2.24, 2.45) is 5.10 Å². The topological polar surface area (TPSA) is 212 Å². The van der Waals surface area contributed by atoms with Crippen LogP contribution in [0.1, 0.15) is 64.5 Å². The molecule has 46 heavy (non-hydrogen) atoms. The average Bonchev–Trinajstić information content (AvgIpc) is 3.02. The molecule has 0 unspecified atom stereocenters. The summed E-state index contributed by atoms with van der Waals surface area (Å²) in [7, 11) is 1.25. The van der Waals surface area contributed by atoms with Crippen molar-refractivity contribution in [3.05, 3.63) is 92.5 Å². The fourth-order valence-electron chi connectivity index (χ4n) is 5.94. The minimum atomic E-state index is -1.56. The summed E-state index contributed by atoms with van der Waals surface area (Å²) < 4.78 is 10.7. The zero-order chi connectivity index (χ0) is 33.0. The number of rotatable bonds is 5. The Hall–Kier alpha value is -6.37. The van der Waals surface area contributed by atoms with E-state index in [4.69, 9.17) is 9.47 Å². The van der Waals surface area contributed by atoms with Crippen LogP contribution in [-0.4, -0.2) is 62.5 Å². The molecule has 0 bridgehead atoms. The van der Waals surface area contributed by atoms with E-state index in [-0.39, 0.29) is 68.8 Å². The van der Waals surface area contributed by atoms with Crippen molar-refractivity contribution < 1.29 is 54.2 Å². The largest absolute Gasteiger partial charge is 0.508 e. The van der Waals surface area contributed by atoms with E-state index in [9.17, 15) is 44.7 Å². The van der Waals surface area contributed by atoms with Crippen LogP contribution >= 0.6 is 0 Å². The van der Waals surface area contributed by atoms with Crippen molar-refractivity contribution in [2.75, 3.05) is 7.11 Å². The average molecular weight is 625 g/mol. The molecule has 0 aromatic heterocycles. The third-order valence-electron chi connectivity index (χ3n) is 8.02. The van der Waals surface area contributed by atoms with Crippen molar-refractivity contribution in [3.8, 4) is 45.6 Å².